The predicted octanol–water partition coefficient (Wildman–Crippen LogP) is 2.37. The van der Waals surface area contributed by atoms with Crippen molar-refractivity contribution in [3.05, 3.63) is 33.5 Å². The summed E-state index contributed by atoms with van der Waals surface area (Å²) in [7, 11) is 2.19. The molecule has 0 bridgehead atoms. The van der Waals surface area contributed by atoms with Crippen molar-refractivity contribution >= 4 is 24.1 Å². The maximum atomic E-state index is 13.6. The van der Waals surface area contributed by atoms with E-state index >= 15 is 0 Å². The van der Waals surface area contributed by atoms with Crippen LogP contribution in [-0.4, -0.2) is 39.5 Å². The van der Waals surface area contributed by atoms with Gasteiger partial charge in [0.15, 0.2) is 0 Å². The van der Waals surface area contributed by atoms with Crippen LogP contribution >= 0.6 is 0 Å². The van der Waals surface area contributed by atoms with Crippen molar-refractivity contribution in [1.29, 1.82) is 0 Å². The van der Waals surface area contributed by atoms with E-state index in [1.807, 2.05) is 13.0 Å². The molecule has 0 radical (unpaired) electrons. The molecule has 1 aliphatic rings. The number of rotatable bonds is 0. The fraction of sp³-hybridized carbons (Fsp3) is 0.429. The summed E-state index contributed by atoms with van der Waals surface area (Å²) in [6.07, 6.45) is 2.30. The molecule has 3 rings (SSSR count). The average molecular weight is 296 g/mol. The molecule has 0 N–H and O–H groups in total. The zero-order valence-electron chi connectivity index (χ0n) is 10.2. The topological polar surface area (TPSA) is 3.24 Å². The Kier molecular flexibility index (Phi) is 2.86. The van der Waals surface area contributed by atoms with Crippen LogP contribution in [0.3, 0.4) is 0 Å². The molecular weight excluding hydrogens is 280 g/mol. The molecule has 1 aromatic heterocycles. The number of halogens is 1. The van der Waals surface area contributed by atoms with Crippen molar-refractivity contribution in [3.63, 3.8) is 0 Å². The normalized spacial score (nSPS) is 17.1. The first-order valence-corrected chi connectivity index (χ1v) is 7.76. The van der Waals surface area contributed by atoms with Crippen LogP contribution in [0.15, 0.2) is 12.1 Å². The maximum absolute atomic E-state index is 13.6. The minimum atomic E-state index is -0.0413. The van der Waals surface area contributed by atoms with Gasteiger partial charge in [0, 0.05) is 0 Å². The second-order valence-corrected chi connectivity index (χ2v) is 7.17. The molecule has 90 valence electrons. The summed E-state index contributed by atoms with van der Waals surface area (Å²) in [6.45, 7) is 4.20. The summed E-state index contributed by atoms with van der Waals surface area (Å²) >= 11 is 0.363. The van der Waals surface area contributed by atoms with Gasteiger partial charge < -0.3 is 0 Å². The molecule has 1 aromatic carbocycles. The molecule has 0 amide bonds. The standard InChI is InChI=1S/C14H16FNSe/c1-9-12(15)4-3-11-10-5-7-16(2)8-6-13(10)17-14(9)11/h3-4H,5-8H2,1-2H3. The summed E-state index contributed by atoms with van der Waals surface area (Å²) in [5, 5.41) is 1.34. The molecule has 0 fully saturated rings. The molecule has 0 saturated carbocycles. The molecule has 0 unspecified atom stereocenters. The molecule has 0 saturated heterocycles. The second-order valence-electron chi connectivity index (χ2n) is 4.86. The van der Waals surface area contributed by atoms with Gasteiger partial charge in [-0.3, -0.25) is 0 Å². The number of fused-ring (bicyclic) bond motifs is 3. The Balaban J connectivity index is 2.20. The van der Waals surface area contributed by atoms with Gasteiger partial charge in [0.25, 0.3) is 0 Å². The van der Waals surface area contributed by atoms with Crippen LogP contribution in [0.5, 0.6) is 0 Å². The van der Waals surface area contributed by atoms with Crippen LogP contribution in [0, 0.1) is 12.7 Å². The summed E-state index contributed by atoms with van der Waals surface area (Å²) in [6, 6.07) is 3.63. The monoisotopic (exact) mass is 297 g/mol. The number of likely N-dealkylation sites (N-methyl/N-ethyl adjacent to an activating group) is 1. The fourth-order valence-corrected chi connectivity index (χ4v) is 5.34. The Morgan fingerprint density at radius 3 is 2.82 bits per heavy atom. The molecule has 1 nitrogen and oxygen atoms in total. The van der Waals surface area contributed by atoms with Crippen molar-refractivity contribution in [2.45, 2.75) is 19.8 Å². The fourth-order valence-electron chi connectivity index (χ4n) is 2.55. The molecule has 17 heavy (non-hydrogen) atoms. The Labute approximate surface area is 107 Å². The van der Waals surface area contributed by atoms with E-state index in [1.54, 1.807) is 10.5 Å². The summed E-state index contributed by atoms with van der Waals surface area (Å²) in [5.41, 5.74) is 2.40. The van der Waals surface area contributed by atoms with Crippen LogP contribution in [0.4, 0.5) is 4.39 Å². The first kappa shape index (κ1) is 11.5. The predicted molar refractivity (Wildman–Crippen MR) is 70.5 cm³/mol. The van der Waals surface area contributed by atoms with Gasteiger partial charge >= 0.3 is 107 Å². The Bertz CT molecular complexity index is 573. The van der Waals surface area contributed by atoms with Crippen LogP contribution in [0.1, 0.15) is 15.6 Å². The summed E-state index contributed by atoms with van der Waals surface area (Å²) < 4.78 is 16.5. The van der Waals surface area contributed by atoms with Gasteiger partial charge in [-0.25, -0.2) is 0 Å². The van der Waals surface area contributed by atoms with E-state index in [0.29, 0.717) is 14.5 Å². The number of hydrogen-bond acceptors (Lipinski definition) is 1. The molecule has 0 spiro atoms. The number of nitrogens with zero attached hydrogens (tertiary/aromatic N) is 1. The third kappa shape index (κ3) is 1.87. The van der Waals surface area contributed by atoms with Crippen molar-refractivity contribution < 1.29 is 4.39 Å². The van der Waals surface area contributed by atoms with Crippen LogP contribution < -0.4 is 0 Å². The van der Waals surface area contributed by atoms with E-state index in [0.717, 1.165) is 25.1 Å². The molecule has 2 heterocycles. The van der Waals surface area contributed by atoms with E-state index in [4.69, 9.17) is 0 Å². The zero-order valence-corrected chi connectivity index (χ0v) is 11.9. The molecule has 0 aliphatic carbocycles. The van der Waals surface area contributed by atoms with Gasteiger partial charge in [-0.2, -0.15) is 0 Å². The van der Waals surface area contributed by atoms with E-state index in [2.05, 4.69) is 11.9 Å². The first-order valence-electron chi connectivity index (χ1n) is 6.04. The Hall–Kier alpha value is -0.631. The SMILES string of the molecule is Cc1c(F)ccc2c3c([se]c12)CCN(C)CC3. The minimum absolute atomic E-state index is 0.0413. The van der Waals surface area contributed by atoms with Crippen LogP contribution in [-0.2, 0) is 12.8 Å². The van der Waals surface area contributed by atoms with E-state index in [-0.39, 0.29) is 5.82 Å². The zero-order chi connectivity index (χ0) is 12.0. The molecule has 2 aromatic rings. The van der Waals surface area contributed by atoms with Gasteiger partial charge in [-0.15, -0.1) is 0 Å². The molecule has 1 aliphatic heterocycles. The van der Waals surface area contributed by atoms with Gasteiger partial charge in [0.2, 0.25) is 0 Å². The first-order chi connectivity index (χ1) is 8.16. The van der Waals surface area contributed by atoms with Gasteiger partial charge in [-0.05, 0) is 0 Å². The van der Waals surface area contributed by atoms with Gasteiger partial charge in [0.1, 0.15) is 0 Å². The summed E-state index contributed by atoms with van der Waals surface area (Å²) in [5.74, 6) is -0.0413. The molecular formula is C14H16FNSe. The van der Waals surface area contributed by atoms with Gasteiger partial charge in [0.05, 0.1) is 0 Å². The quantitative estimate of drug-likeness (QED) is 0.675. The number of hydrogen-bond donors (Lipinski definition) is 0. The van der Waals surface area contributed by atoms with Crippen molar-refractivity contribution in [3.8, 4) is 0 Å². The number of aryl methyl sites for hydroxylation is 1. The van der Waals surface area contributed by atoms with E-state index in [9.17, 15) is 4.39 Å². The third-order valence-corrected chi connectivity index (χ3v) is 6.69. The van der Waals surface area contributed by atoms with Crippen molar-refractivity contribution in [2.24, 2.45) is 0 Å². The number of benzene rings is 1. The van der Waals surface area contributed by atoms with Crippen LogP contribution in [0.25, 0.3) is 9.65 Å². The molecule has 0 atom stereocenters. The summed E-state index contributed by atoms with van der Waals surface area (Å²) in [4.78, 5) is 2.39. The van der Waals surface area contributed by atoms with E-state index < -0.39 is 0 Å². The average Bonchev–Trinajstić information content (AvgIpc) is 2.57. The molecule has 3 heteroatoms. The second kappa shape index (κ2) is 4.24. The van der Waals surface area contributed by atoms with Crippen molar-refractivity contribution in [2.75, 3.05) is 20.1 Å². The van der Waals surface area contributed by atoms with E-state index in [1.165, 1.54) is 21.6 Å². The van der Waals surface area contributed by atoms with Crippen LogP contribution in [0.2, 0.25) is 0 Å². The van der Waals surface area contributed by atoms with Crippen molar-refractivity contribution in [1.82, 2.24) is 4.90 Å². The Morgan fingerprint density at radius 1 is 1.24 bits per heavy atom. The Morgan fingerprint density at radius 2 is 2.00 bits per heavy atom. The van der Waals surface area contributed by atoms with Gasteiger partial charge in [-0.1, -0.05) is 0 Å². The third-order valence-electron chi connectivity index (χ3n) is 3.69.